The fourth-order valence-electron chi connectivity index (χ4n) is 3.50. The molecule has 31 heavy (non-hydrogen) atoms. The van der Waals surface area contributed by atoms with Crippen LogP contribution in [-0.2, 0) is 13.5 Å². The van der Waals surface area contributed by atoms with Gasteiger partial charge in [0.2, 0.25) is 0 Å². The van der Waals surface area contributed by atoms with E-state index in [0.29, 0.717) is 54.2 Å². The number of pyridine rings is 2. The number of aromatic nitrogens is 4. The molecule has 4 rings (SSSR count). The summed E-state index contributed by atoms with van der Waals surface area (Å²) in [5.74, 6) is 1.62. The number of nitrogen functional groups attached to an aromatic ring is 1. The zero-order valence-electron chi connectivity index (χ0n) is 17.2. The third kappa shape index (κ3) is 4.26. The predicted molar refractivity (Wildman–Crippen MR) is 118 cm³/mol. The number of ether oxygens (including phenoxy) is 1. The van der Waals surface area contributed by atoms with Crippen molar-refractivity contribution in [2.45, 2.75) is 12.8 Å². The first-order chi connectivity index (χ1) is 15.1. The quantitative estimate of drug-likeness (QED) is 0.371. The maximum absolute atomic E-state index is 12.0. The number of hydrogen-bond donors (Lipinski definition) is 3. The zero-order valence-corrected chi connectivity index (χ0v) is 17.2. The standard InChI is InChI=1S/C22H24N6O3/c1-28-18(7-10-29)27-19-20(28)16-6-5-15(12-17(16)26-21(19)23)31-11-3-9-25-22(30)14-4-2-8-24-13-14/h2,4-6,8,12-13,29H,3,7,9-11H2,1H3,(H2,23,26)(H,25,30). The monoisotopic (exact) mass is 420 g/mol. The van der Waals surface area contributed by atoms with Crippen LogP contribution in [0.4, 0.5) is 5.82 Å². The highest BCUT2D eigenvalue weighted by Crippen LogP contribution is 2.30. The lowest BCUT2D eigenvalue weighted by atomic mass is 10.1. The van der Waals surface area contributed by atoms with Gasteiger partial charge < -0.3 is 25.5 Å². The molecule has 1 aromatic carbocycles. The molecule has 9 heteroatoms. The van der Waals surface area contributed by atoms with Crippen LogP contribution in [0.2, 0.25) is 0 Å². The Labute approximate surface area is 178 Å². The normalized spacial score (nSPS) is 11.2. The highest BCUT2D eigenvalue weighted by atomic mass is 16.5. The first-order valence-corrected chi connectivity index (χ1v) is 10.0. The Balaban J connectivity index is 1.42. The fraction of sp³-hybridized carbons (Fsp3) is 0.273. The van der Waals surface area contributed by atoms with Crippen molar-refractivity contribution in [1.29, 1.82) is 0 Å². The van der Waals surface area contributed by atoms with Crippen molar-refractivity contribution in [3.63, 3.8) is 0 Å². The maximum atomic E-state index is 12.0. The summed E-state index contributed by atoms with van der Waals surface area (Å²) in [6.45, 7) is 0.960. The summed E-state index contributed by atoms with van der Waals surface area (Å²) in [6, 6.07) is 9.11. The molecular weight excluding hydrogens is 396 g/mol. The van der Waals surface area contributed by atoms with Gasteiger partial charge in [-0.3, -0.25) is 9.78 Å². The Morgan fingerprint density at radius 3 is 2.94 bits per heavy atom. The van der Waals surface area contributed by atoms with E-state index in [4.69, 9.17) is 10.5 Å². The van der Waals surface area contributed by atoms with Crippen LogP contribution in [0.25, 0.3) is 21.9 Å². The van der Waals surface area contributed by atoms with Gasteiger partial charge in [-0.05, 0) is 30.7 Å². The number of nitrogens with one attached hydrogen (secondary N) is 1. The van der Waals surface area contributed by atoms with E-state index in [-0.39, 0.29) is 12.5 Å². The summed E-state index contributed by atoms with van der Waals surface area (Å²) in [5, 5.41) is 13.0. The Hall–Kier alpha value is -3.72. The minimum atomic E-state index is -0.153. The van der Waals surface area contributed by atoms with Gasteiger partial charge in [0.15, 0.2) is 5.82 Å². The number of carbonyl (C=O) groups is 1. The van der Waals surface area contributed by atoms with E-state index in [1.807, 2.05) is 29.8 Å². The molecule has 0 bridgehead atoms. The van der Waals surface area contributed by atoms with Crippen LogP contribution in [0.3, 0.4) is 0 Å². The van der Waals surface area contributed by atoms with Crippen molar-refractivity contribution in [1.82, 2.24) is 24.8 Å². The Morgan fingerprint density at radius 2 is 2.16 bits per heavy atom. The van der Waals surface area contributed by atoms with E-state index < -0.39 is 0 Å². The smallest absolute Gasteiger partial charge is 0.252 e. The van der Waals surface area contributed by atoms with E-state index in [2.05, 4.69) is 20.3 Å². The molecular formula is C22H24N6O3. The van der Waals surface area contributed by atoms with Crippen LogP contribution < -0.4 is 15.8 Å². The Kier molecular flexibility index (Phi) is 5.94. The van der Waals surface area contributed by atoms with Crippen molar-refractivity contribution >= 4 is 33.7 Å². The molecule has 0 aliphatic rings. The summed E-state index contributed by atoms with van der Waals surface area (Å²) in [4.78, 5) is 24.9. The van der Waals surface area contributed by atoms with Crippen LogP contribution in [0.5, 0.6) is 5.75 Å². The zero-order chi connectivity index (χ0) is 21.8. The molecule has 0 atom stereocenters. The van der Waals surface area contributed by atoms with Gasteiger partial charge in [-0.15, -0.1) is 0 Å². The number of hydrogen-bond acceptors (Lipinski definition) is 7. The number of anilines is 1. The lowest BCUT2D eigenvalue weighted by Gasteiger charge is -2.09. The second kappa shape index (κ2) is 8.97. The fourth-order valence-corrected chi connectivity index (χ4v) is 3.50. The van der Waals surface area contributed by atoms with Crippen LogP contribution in [-0.4, -0.2) is 50.3 Å². The minimum absolute atomic E-state index is 0.0170. The van der Waals surface area contributed by atoms with Gasteiger partial charge in [0.1, 0.15) is 17.1 Å². The van der Waals surface area contributed by atoms with Crippen molar-refractivity contribution in [3.8, 4) is 5.75 Å². The summed E-state index contributed by atoms with van der Waals surface area (Å²) in [7, 11) is 1.91. The van der Waals surface area contributed by atoms with Crippen LogP contribution in [0.15, 0.2) is 42.7 Å². The summed E-state index contributed by atoms with van der Waals surface area (Å²) in [6.07, 6.45) is 4.27. The molecule has 160 valence electrons. The SMILES string of the molecule is Cn1c(CCO)nc2c(N)nc3cc(OCCCNC(=O)c4cccnc4)ccc3c21. The van der Waals surface area contributed by atoms with Crippen molar-refractivity contribution < 1.29 is 14.6 Å². The second-order valence-corrected chi connectivity index (χ2v) is 7.13. The van der Waals surface area contributed by atoms with Crippen LogP contribution >= 0.6 is 0 Å². The largest absolute Gasteiger partial charge is 0.493 e. The van der Waals surface area contributed by atoms with Gasteiger partial charge in [0.05, 0.1) is 29.8 Å². The van der Waals surface area contributed by atoms with Gasteiger partial charge in [-0.1, -0.05) is 0 Å². The third-order valence-electron chi connectivity index (χ3n) is 5.03. The summed E-state index contributed by atoms with van der Waals surface area (Å²) >= 11 is 0. The number of benzene rings is 1. The molecule has 0 aliphatic carbocycles. The average molecular weight is 420 g/mol. The molecule has 1 amide bonds. The molecule has 0 spiro atoms. The van der Waals surface area contributed by atoms with Crippen LogP contribution in [0, 0.1) is 0 Å². The van der Waals surface area contributed by atoms with E-state index >= 15 is 0 Å². The molecule has 4 N–H and O–H groups in total. The van der Waals surface area contributed by atoms with E-state index in [1.54, 1.807) is 18.3 Å². The number of aliphatic hydroxyl groups is 1. The van der Waals surface area contributed by atoms with Gasteiger partial charge in [0.25, 0.3) is 5.91 Å². The van der Waals surface area contributed by atoms with E-state index in [1.165, 1.54) is 6.20 Å². The topological polar surface area (TPSA) is 128 Å². The first-order valence-electron chi connectivity index (χ1n) is 10.0. The number of nitrogens with two attached hydrogens (primary N) is 1. The lowest BCUT2D eigenvalue weighted by Crippen LogP contribution is -2.25. The van der Waals surface area contributed by atoms with E-state index in [9.17, 15) is 9.90 Å². The Morgan fingerprint density at radius 1 is 1.29 bits per heavy atom. The molecule has 3 aromatic heterocycles. The van der Waals surface area contributed by atoms with Crippen LogP contribution in [0.1, 0.15) is 22.6 Å². The summed E-state index contributed by atoms with van der Waals surface area (Å²) < 4.78 is 7.77. The highest BCUT2D eigenvalue weighted by Gasteiger charge is 2.15. The average Bonchev–Trinajstić information content (AvgIpc) is 3.11. The van der Waals surface area contributed by atoms with Gasteiger partial charge in [0, 0.05) is 43.9 Å². The number of aliphatic hydroxyl groups excluding tert-OH is 1. The van der Waals surface area contributed by atoms with Gasteiger partial charge in [-0.2, -0.15) is 0 Å². The predicted octanol–water partition coefficient (Wildman–Crippen LogP) is 1.83. The van der Waals surface area contributed by atoms with Gasteiger partial charge >= 0.3 is 0 Å². The number of imidazole rings is 1. The number of carbonyl (C=O) groups excluding carboxylic acids is 1. The molecule has 4 aromatic rings. The van der Waals surface area contributed by atoms with Crippen molar-refractivity contribution in [2.24, 2.45) is 7.05 Å². The minimum Gasteiger partial charge on any atom is -0.493 e. The molecule has 0 unspecified atom stereocenters. The molecule has 0 aliphatic heterocycles. The van der Waals surface area contributed by atoms with E-state index in [0.717, 1.165) is 16.7 Å². The second-order valence-electron chi connectivity index (χ2n) is 7.13. The molecule has 0 saturated carbocycles. The molecule has 9 nitrogen and oxygen atoms in total. The third-order valence-corrected chi connectivity index (χ3v) is 5.03. The number of nitrogens with zero attached hydrogens (tertiary/aromatic N) is 4. The summed E-state index contributed by atoms with van der Waals surface area (Å²) in [5.41, 5.74) is 8.90. The Bertz CT molecular complexity index is 1220. The molecule has 0 radical (unpaired) electrons. The molecule has 0 saturated heterocycles. The number of aryl methyl sites for hydroxylation is 1. The maximum Gasteiger partial charge on any atom is 0.252 e. The molecule has 3 heterocycles. The lowest BCUT2D eigenvalue weighted by molar-refractivity contribution is 0.0951. The molecule has 0 fully saturated rings. The number of rotatable bonds is 8. The number of amides is 1. The van der Waals surface area contributed by atoms with Gasteiger partial charge in [-0.25, -0.2) is 9.97 Å². The highest BCUT2D eigenvalue weighted by molar-refractivity contribution is 6.06. The van der Waals surface area contributed by atoms with Crippen molar-refractivity contribution in [2.75, 3.05) is 25.5 Å². The number of fused-ring (bicyclic) bond motifs is 3. The van der Waals surface area contributed by atoms with Crippen molar-refractivity contribution in [3.05, 3.63) is 54.1 Å². The first kappa shape index (κ1) is 20.5.